The lowest BCUT2D eigenvalue weighted by molar-refractivity contribution is 0.993. The Hall–Kier alpha value is -4.16. The van der Waals surface area contributed by atoms with Gasteiger partial charge in [0.1, 0.15) is 15.7 Å². The second-order valence-corrected chi connectivity index (χ2v) is 8.42. The van der Waals surface area contributed by atoms with Gasteiger partial charge >= 0.3 is 0 Å². The molecule has 0 saturated heterocycles. The summed E-state index contributed by atoms with van der Waals surface area (Å²) in [6.07, 6.45) is 1.61. The van der Waals surface area contributed by atoms with E-state index in [4.69, 9.17) is 0 Å². The number of para-hydroxylation sites is 1. The van der Waals surface area contributed by atoms with Crippen LogP contribution in [0, 0.1) is 0 Å². The molecule has 0 unspecified atom stereocenters. The maximum atomic E-state index is 12.2. The highest BCUT2D eigenvalue weighted by Gasteiger charge is 2.15. The van der Waals surface area contributed by atoms with Crippen LogP contribution in [-0.2, 0) is 0 Å². The van der Waals surface area contributed by atoms with Gasteiger partial charge in [0.15, 0.2) is 0 Å². The van der Waals surface area contributed by atoms with Gasteiger partial charge in [-0.1, -0.05) is 55.1 Å². The van der Waals surface area contributed by atoms with Gasteiger partial charge in [0.2, 0.25) is 0 Å². The van der Waals surface area contributed by atoms with Gasteiger partial charge in [-0.25, -0.2) is 0 Å². The van der Waals surface area contributed by atoms with E-state index >= 15 is 0 Å². The fraction of sp³-hybridized carbons (Fsp3) is 0. The molecule has 5 nitrogen and oxygen atoms in total. The van der Waals surface area contributed by atoms with Crippen molar-refractivity contribution in [3.8, 4) is 0 Å². The van der Waals surface area contributed by atoms with Crippen LogP contribution in [0.25, 0.3) is 23.4 Å². The van der Waals surface area contributed by atoms with Crippen molar-refractivity contribution in [1.29, 1.82) is 0 Å². The van der Waals surface area contributed by atoms with Crippen molar-refractivity contribution in [3.05, 3.63) is 121 Å². The van der Waals surface area contributed by atoms with Gasteiger partial charge < -0.3 is 14.9 Å². The first kappa shape index (κ1) is 19.8. The Balaban J connectivity index is 1.65. The van der Waals surface area contributed by atoms with E-state index in [1.807, 2.05) is 42.5 Å². The number of nitrogens with zero attached hydrogens (tertiary/aromatic N) is 1. The van der Waals surface area contributed by atoms with Crippen LogP contribution in [-0.4, -0.2) is 9.97 Å². The van der Waals surface area contributed by atoms with Gasteiger partial charge in [0, 0.05) is 16.3 Å². The van der Waals surface area contributed by atoms with Gasteiger partial charge in [-0.05, 0) is 53.2 Å². The lowest BCUT2D eigenvalue weighted by Gasteiger charge is -2.24. The molecule has 2 N–H and O–H groups in total. The molecule has 5 rings (SSSR count). The van der Waals surface area contributed by atoms with Crippen LogP contribution in [0.3, 0.4) is 0 Å². The molecule has 0 radical (unpaired) electrons. The third kappa shape index (κ3) is 3.79. The Morgan fingerprint density at radius 3 is 2.19 bits per heavy atom. The van der Waals surface area contributed by atoms with Crippen molar-refractivity contribution < 1.29 is 0 Å². The molecule has 0 amide bonds. The molecule has 32 heavy (non-hydrogen) atoms. The Morgan fingerprint density at radius 2 is 1.44 bits per heavy atom. The fourth-order valence-corrected chi connectivity index (χ4v) is 4.65. The zero-order valence-corrected chi connectivity index (χ0v) is 17.9. The number of benzene rings is 3. The summed E-state index contributed by atoms with van der Waals surface area (Å²) in [5.41, 5.74) is 1.33. The second-order valence-electron chi connectivity index (χ2n) is 7.32. The van der Waals surface area contributed by atoms with Gasteiger partial charge in [-0.3, -0.25) is 9.59 Å². The topological polar surface area (TPSA) is 69.0 Å². The minimum absolute atomic E-state index is 0.0581. The molecule has 5 aromatic rings. The number of fused-ring (bicyclic) bond motifs is 1. The lowest BCUT2D eigenvalue weighted by atomic mass is 10.1. The number of aromatic nitrogens is 2. The molecule has 0 aliphatic heterocycles. The molecule has 6 heteroatoms. The zero-order chi connectivity index (χ0) is 22.1. The molecule has 0 aliphatic rings. The van der Waals surface area contributed by atoms with Gasteiger partial charge in [-0.15, -0.1) is 11.3 Å². The van der Waals surface area contributed by atoms with Crippen LogP contribution in [0.4, 0.5) is 16.4 Å². The Bertz CT molecular complexity index is 1610. The third-order valence-corrected chi connectivity index (χ3v) is 6.16. The van der Waals surface area contributed by atoms with Crippen LogP contribution in [0.2, 0.25) is 0 Å². The van der Waals surface area contributed by atoms with Crippen molar-refractivity contribution >= 4 is 51.1 Å². The predicted octanol–water partition coefficient (Wildman–Crippen LogP) is 3.99. The molecule has 156 valence electrons. The lowest BCUT2D eigenvalue weighted by Crippen LogP contribution is -2.47. The van der Waals surface area contributed by atoms with Crippen molar-refractivity contribution in [3.63, 3.8) is 0 Å². The summed E-state index contributed by atoms with van der Waals surface area (Å²) in [4.78, 5) is 32.5. The summed E-state index contributed by atoms with van der Waals surface area (Å²) in [6, 6.07) is 28.6. The molecule has 0 aliphatic carbocycles. The smallest absolute Gasteiger partial charge is 0.262 e. The summed E-state index contributed by atoms with van der Waals surface area (Å²) in [6.45, 7) is 3.58. The van der Waals surface area contributed by atoms with E-state index in [-0.39, 0.29) is 10.7 Å². The quantitative estimate of drug-likeness (QED) is 0.447. The van der Waals surface area contributed by atoms with E-state index in [1.165, 1.54) is 16.7 Å². The minimum atomic E-state index is -0.455. The van der Waals surface area contributed by atoms with Crippen molar-refractivity contribution in [2.24, 2.45) is 0 Å². The average molecular weight is 438 g/mol. The Kier molecular flexibility index (Phi) is 5.05. The number of hydrogen-bond acceptors (Lipinski definition) is 4. The summed E-state index contributed by atoms with van der Waals surface area (Å²) < 4.78 is 0. The van der Waals surface area contributed by atoms with Gasteiger partial charge in [0.05, 0.1) is 0 Å². The zero-order valence-electron chi connectivity index (χ0n) is 17.0. The summed E-state index contributed by atoms with van der Waals surface area (Å²) in [7, 11) is 0. The molecule has 0 spiro atoms. The normalized spacial score (nSPS) is 10.9. The predicted molar refractivity (Wildman–Crippen MR) is 133 cm³/mol. The summed E-state index contributed by atoms with van der Waals surface area (Å²) in [5, 5.41) is 3.36. The first-order valence-electron chi connectivity index (χ1n) is 10.1. The minimum Gasteiger partial charge on any atom is -0.308 e. The molecule has 2 heterocycles. The number of hydrogen-bond donors (Lipinski definition) is 2. The Labute approximate surface area is 187 Å². The van der Waals surface area contributed by atoms with Gasteiger partial charge in [-0.2, -0.15) is 0 Å². The van der Waals surface area contributed by atoms with E-state index < -0.39 is 11.1 Å². The van der Waals surface area contributed by atoms with Crippen LogP contribution >= 0.6 is 11.3 Å². The van der Waals surface area contributed by atoms with Crippen molar-refractivity contribution in [2.45, 2.75) is 0 Å². The largest absolute Gasteiger partial charge is 0.308 e. The molecular weight excluding hydrogens is 418 g/mol. The first-order valence-corrected chi connectivity index (χ1v) is 10.9. The van der Waals surface area contributed by atoms with Crippen molar-refractivity contribution in [2.75, 3.05) is 4.90 Å². The highest BCUT2D eigenvalue weighted by Crippen LogP contribution is 2.39. The number of rotatable bonds is 4. The standard InChI is InChI=1S/C26H19N3O2S/c1-17-27-25(30)23(26(31)28-17)16-22-13-14-24(32-22)29(20-9-3-2-4-10-20)21-12-11-18-7-5-6-8-19(18)15-21/h2-16H,1H2,(H,27,30)(H,28,31). The van der Waals surface area contributed by atoms with E-state index in [0.717, 1.165) is 26.6 Å². The van der Waals surface area contributed by atoms with E-state index in [0.29, 0.717) is 0 Å². The molecule has 3 aromatic carbocycles. The molecule has 0 fully saturated rings. The van der Waals surface area contributed by atoms with Crippen LogP contribution in [0.15, 0.2) is 94.5 Å². The van der Waals surface area contributed by atoms with Gasteiger partial charge in [0.25, 0.3) is 11.1 Å². The highest BCUT2D eigenvalue weighted by molar-refractivity contribution is 7.17. The number of aromatic amines is 2. The van der Waals surface area contributed by atoms with Crippen molar-refractivity contribution in [1.82, 2.24) is 9.97 Å². The number of nitrogens with one attached hydrogen (secondary N) is 2. The molecule has 2 aromatic heterocycles. The fourth-order valence-electron chi connectivity index (χ4n) is 3.65. The van der Waals surface area contributed by atoms with Crippen LogP contribution < -0.4 is 26.7 Å². The first-order chi connectivity index (χ1) is 15.6. The van der Waals surface area contributed by atoms with E-state index in [9.17, 15) is 9.59 Å². The Morgan fingerprint density at radius 1 is 0.750 bits per heavy atom. The average Bonchev–Trinajstić information content (AvgIpc) is 3.25. The second kappa shape index (κ2) is 8.17. The van der Waals surface area contributed by atoms with E-state index in [2.05, 4.69) is 63.9 Å². The highest BCUT2D eigenvalue weighted by atomic mass is 32.1. The SMILES string of the molecule is C=c1[nH]c(=O)c(=Cc2ccc(N(c3ccccc3)c3ccc4ccccc4c3)s2)c(=O)[nH]1. The maximum Gasteiger partial charge on any atom is 0.262 e. The summed E-state index contributed by atoms with van der Waals surface area (Å²) >= 11 is 1.50. The number of anilines is 3. The molecule has 0 atom stereocenters. The van der Waals surface area contributed by atoms with E-state index in [1.54, 1.807) is 6.08 Å². The number of H-pyrrole nitrogens is 2. The molecule has 0 bridgehead atoms. The third-order valence-electron chi connectivity index (χ3n) is 5.14. The maximum absolute atomic E-state index is 12.2. The number of thiophene rings is 1. The van der Waals surface area contributed by atoms with Crippen LogP contribution in [0.5, 0.6) is 0 Å². The van der Waals surface area contributed by atoms with Crippen LogP contribution in [0.1, 0.15) is 4.88 Å². The molecular formula is C26H19N3O2S. The summed E-state index contributed by atoms with van der Waals surface area (Å²) in [5.74, 6) is 0. The molecule has 0 saturated carbocycles. The monoisotopic (exact) mass is 437 g/mol.